The Hall–Kier alpha value is -2.93. The molecule has 4 aromatic rings. The average molecular weight is 306 g/mol. The van der Waals surface area contributed by atoms with Crippen molar-refractivity contribution in [2.75, 3.05) is 18.9 Å². The third-order valence-corrected chi connectivity index (χ3v) is 4.34. The Morgan fingerprint density at radius 1 is 1.22 bits per heavy atom. The number of aromatic nitrogens is 5. The first-order valence-electron chi connectivity index (χ1n) is 7.45. The van der Waals surface area contributed by atoms with Crippen molar-refractivity contribution in [1.82, 2.24) is 25.0 Å². The van der Waals surface area contributed by atoms with Gasteiger partial charge in [0, 0.05) is 17.1 Å². The highest BCUT2D eigenvalue weighted by atomic mass is 16.5. The minimum Gasteiger partial charge on any atom is -0.383 e. The molecule has 7 heteroatoms. The Morgan fingerprint density at radius 2 is 2.13 bits per heavy atom. The molecule has 3 aromatic heterocycles. The molecule has 23 heavy (non-hydrogen) atoms. The van der Waals surface area contributed by atoms with Gasteiger partial charge in [-0.15, -0.1) is 0 Å². The highest BCUT2D eigenvalue weighted by Crippen LogP contribution is 2.33. The number of anilines is 1. The maximum Gasteiger partial charge on any atom is 0.135 e. The lowest BCUT2D eigenvalue weighted by Gasteiger charge is -2.27. The molecule has 0 amide bonds. The van der Waals surface area contributed by atoms with Gasteiger partial charge in [0.1, 0.15) is 5.82 Å². The van der Waals surface area contributed by atoms with Gasteiger partial charge in [-0.3, -0.25) is 9.78 Å². The quantitative estimate of drug-likeness (QED) is 0.591. The van der Waals surface area contributed by atoms with E-state index in [1.54, 1.807) is 12.4 Å². The summed E-state index contributed by atoms with van der Waals surface area (Å²) in [6.07, 6.45) is 3.52. The molecular weight excluding hydrogens is 292 g/mol. The van der Waals surface area contributed by atoms with Crippen molar-refractivity contribution in [2.24, 2.45) is 0 Å². The maximum atomic E-state index is 6.15. The molecule has 0 unspecified atom stereocenters. The zero-order chi connectivity index (χ0) is 15.4. The van der Waals surface area contributed by atoms with E-state index in [1.807, 2.05) is 16.8 Å². The van der Waals surface area contributed by atoms with Crippen LogP contribution in [0.3, 0.4) is 0 Å². The van der Waals surface area contributed by atoms with Crippen LogP contribution in [0.5, 0.6) is 0 Å². The number of nitrogen functional groups attached to an aromatic ring is 1. The molecule has 5 rings (SSSR count). The van der Waals surface area contributed by atoms with Gasteiger partial charge in [-0.2, -0.15) is 10.2 Å². The molecule has 0 saturated carbocycles. The van der Waals surface area contributed by atoms with Crippen molar-refractivity contribution in [1.29, 1.82) is 0 Å². The summed E-state index contributed by atoms with van der Waals surface area (Å²) in [6, 6.07) is 8.34. The summed E-state index contributed by atoms with van der Waals surface area (Å²) in [5.41, 5.74) is 10.0. The summed E-state index contributed by atoms with van der Waals surface area (Å²) >= 11 is 0. The van der Waals surface area contributed by atoms with E-state index in [-0.39, 0.29) is 6.04 Å². The lowest BCUT2D eigenvalue weighted by molar-refractivity contribution is -0.0265. The summed E-state index contributed by atoms with van der Waals surface area (Å²) < 4.78 is 7.31. The van der Waals surface area contributed by atoms with Gasteiger partial charge >= 0.3 is 0 Å². The van der Waals surface area contributed by atoms with Gasteiger partial charge in [-0.1, -0.05) is 6.07 Å². The highest BCUT2D eigenvalue weighted by molar-refractivity contribution is 6.08. The Bertz CT molecular complexity index is 1020. The number of nitrogens with two attached hydrogens (primary N) is 1. The second-order valence-electron chi connectivity index (χ2n) is 5.74. The highest BCUT2D eigenvalue weighted by Gasteiger charge is 2.24. The number of hydrogen-bond acceptors (Lipinski definition) is 5. The van der Waals surface area contributed by atoms with Crippen LogP contribution in [-0.2, 0) is 4.74 Å². The third-order valence-electron chi connectivity index (χ3n) is 4.34. The number of H-pyrrole nitrogens is 1. The molecule has 0 atom stereocenters. The molecule has 1 fully saturated rings. The number of fused-ring (bicyclic) bond motifs is 3. The average Bonchev–Trinajstić information content (AvgIpc) is 3.15. The minimum atomic E-state index is 0.268. The van der Waals surface area contributed by atoms with E-state index in [0.29, 0.717) is 19.0 Å². The Morgan fingerprint density at radius 3 is 2.87 bits per heavy atom. The van der Waals surface area contributed by atoms with Crippen LogP contribution in [0.4, 0.5) is 5.82 Å². The summed E-state index contributed by atoms with van der Waals surface area (Å²) in [7, 11) is 0. The number of ether oxygens (including phenoxy) is 1. The molecule has 3 N–H and O–H groups in total. The van der Waals surface area contributed by atoms with Crippen molar-refractivity contribution in [3.05, 3.63) is 36.7 Å². The number of nitrogens with zero attached hydrogens (tertiary/aromatic N) is 4. The van der Waals surface area contributed by atoms with E-state index < -0.39 is 0 Å². The van der Waals surface area contributed by atoms with E-state index in [2.05, 4.69) is 32.4 Å². The van der Waals surface area contributed by atoms with Crippen molar-refractivity contribution in [2.45, 2.75) is 6.04 Å². The fourth-order valence-electron chi connectivity index (χ4n) is 3.06. The van der Waals surface area contributed by atoms with Crippen molar-refractivity contribution >= 4 is 27.6 Å². The van der Waals surface area contributed by atoms with Gasteiger partial charge in [0.15, 0.2) is 0 Å². The molecule has 0 radical (unpaired) electrons. The van der Waals surface area contributed by atoms with Gasteiger partial charge in [0.05, 0.1) is 47.6 Å². The van der Waals surface area contributed by atoms with Gasteiger partial charge < -0.3 is 10.5 Å². The zero-order valence-electron chi connectivity index (χ0n) is 12.2. The number of hydrogen-bond donors (Lipinski definition) is 2. The second-order valence-corrected chi connectivity index (χ2v) is 5.74. The molecule has 0 bridgehead atoms. The van der Waals surface area contributed by atoms with Crippen LogP contribution in [0.15, 0.2) is 36.7 Å². The zero-order valence-corrected chi connectivity index (χ0v) is 12.2. The number of rotatable bonds is 2. The molecule has 0 spiro atoms. The topological polar surface area (TPSA) is 94.6 Å². The monoisotopic (exact) mass is 306 g/mol. The van der Waals surface area contributed by atoms with Crippen LogP contribution >= 0.6 is 0 Å². The summed E-state index contributed by atoms with van der Waals surface area (Å²) in [6.45, 7) is 1.37. The fourth-order valence-corrected chi connectivity index (χ4v) is 3.06. The van der Waals surface area contributed by atoms with Crippen molar-refractivity contribution < 1.29 is 4.74 Å². The Balaban J connectivity index is 1.80. The van der Waals surface area contributed by atoms with E-state index in [0.717, 1.165) is 33.1 Å². The molecule has 114 valence electrons. The van der Waals surface area contributed by atoms with Crippen LogP contribution in [0.1, 0.15) is 6.04 Å². The van der Waals surface area contributed by atoms with Crippen molar-refractivity contribution in [3.8, 4) is 11.3 Å². The molecule has 4 heterocycles. The smallest absolute Gasteiger partial charge is 0.135 e. The molecule has 1 aromatic carbocycles. The predicted octanol–water partition coefficient (Wildman–Crippen LogP) is 2.13. The fraction of sp³-hybridized carbons (Fsp3) is 0.188. The molecule has 7 nitrogen and oxygen atoms in total. The van der Waals surface area contributed by atoms with Crippen LogP contribution in [0, 0.1) is 0 Å². The van der Waals surface area contributed by atoms with Gasteiger partial charge in [-0.05, 0) is 18.2 Å². The first-order valence-corrected chi connectivity index (χ1v) is 7.45. The third kappa shape index (κ3) is 1.77. The van der Waals surface area contributed by atoms with E-state index in [4.69, 9.17) is 10.5 Å². The molecule has 1 aliphatic heterocycles. The van der Waals surface area contributed by atoms with Gasteiger partial charge in [0.2, 0.25) is 0 Å². The van der Waals surface area contributed by atoms with Crippen LogP contribution in [0.2, 0.25) is 0 Å². The predicted molar refractivity (Wildman–Crippen MR) is 86.9 cm³/mol. The SMILES string of the molecule is Nc1nc2cc(-c3ccn[nH]3)ccc2c2c1cnn2C1COC1. The van der Waals surface area contributed by atoms with Crippen LogP contribution in [-0.4, -0.2) is 38.2 Å². The second kappa shape index (κ2) is 4.53. The largest absolute Gasteiger partial charge is 0.383 e. The number of pyridine rings is 1. The van der Waals surface area contributed by atoms with E-state index in [9.17, 15) is 0 Å². The first kappa shape index (κ1) is 12.6. The number of aromatic amines is 1. The number of benzene rings is 1. The minimum absolute atomic E-state index is 0.268. The molecule has 1 saturated heterocycles. The van der Waals surface area contributed by atoms with E-state index in [1.165, 1.54) is 0 Å². The summed E-state index contributed by atoms with van der Waals surface area (Å²) in [4.78, 5) is 4.55. The molecular formula is C16H14N6O. The summed E-state index contributed by atoms with van der Waals surface area (Å²) in [5, 5.41) is 13.4. The Labute approximate surface area is 131 Å². The lowest BCUT2D eigenvalue weighted by atomic mass is 10.1. The van der Waals surface area contributed by atoms with Crippen LogP contribution in [0.25, 0.3) is 33.1 Å². The van der Waals surface area contributed by atoms with E-state index >= 15 is 0 Å². The maximum absolute atomic E-state index is 6.15. The normalized spacial score (nSPS) is 15.3. The van der Waals surface area contributed by atoms with Gasteiger partial charge in [0.25, 0.3) is 0 Å². The van der Waals surface area contributed by atoms with Crippen LogP contribution < -0.4 is 5.73 Å². The summed E-state index contributed by atoms with van der Waals surface area (Å²) in [5.74, 6) is 0.501. The first-order chi connectivity index (χ1) is 11.3. The van der Waals surface area contributed by atoms with Crippen molar-refractivity contribution in [3.63, 3.8) is 0 Å². The lowest BCUT2D eigenvalue weighted by Crippen LogP contribution is -2.31. The van der Waals surface area contributed by atoms with Gasteiger partial charge in [-0.25, -0.2) is 4.98 Å². The molecule has 1 aliphatic rings. The molecule has 0 aliphatic carbocycles. The Kier molecular flexibility index (Phi) is 2.48. The standard InChI is InChI=1S/C16H14N6O/c17-16-12-6-19-22(10-7-23-8-10)15(12)11-2-1-9(5-14(11)20-16)13-3-4-18-21-13/h1-6,10H,7-8H2,(H2,17,20)(H,18,21). The number of nitrogens with one attached hydrogen (secondary N) is 1.